The van der Waals surface area contributed by atoms with Gasteiger partial charge in [0.2, 0.25) is 0 Å². The molecule has 0 unspecified atom stereocenters. The molecule has 2 aromatic rings. The number of anilines is 1. The number of nitro benzene ring substituents is 1. The molecule has 0 bridgehead atoms. The molecule has 1 heterocycles. The Hall–Kier alpha value is -2.15. The number of methoxy groups -OCH3 is 1. The third-order valence-electron chi connectivity index (χ3n) is 2.84. The Morgan fingerprint density at radius 2 is 2.20 bits per heavy atom. The van der Waals surface area contributed by atoms with E-state index in [0.29, 0.717) is 18.0 Å². The van der Waals surface area contributed by atoms with Crippen molar-refractivity contribution in [3.05, 3.63) is 43.9 Å². The van der Waals surface area contributed by atoms with Crippen LogP contribution in [0, 0.1) is 24.0 Å². The quantitative estimate of drug-likeness (QED) is 0.676. The molecule has 0 atom stereocenters. The summed E-state index contributed by atoms with van der Waals surface area (Å²) in [6.07, 6.45) is 0. The van der Waals surface area contributed by atoms with Gasteiger partial charge in [0.05, 0.1) is 35.3 Å². The average Bonchev–Trinajstić information content (AvgIpc) is 2.74. The summed E-state index contributed by atoms with van der Waals surface area (Å²) in [7, 11) is 1.48. The van der Waals surface area contributed by atoms with Crippen molar-refractivity contribution in [2.75, 3.05) is 12.4 Å². The Labute approximate surface area is 120 Å². The summed E-state index contributed by atoms with van der Waals surface area (Å²) in [6.45, 7) is 4.39. The number of thiazole rings is 1. The Morgan fingerprint density at radius 3 is 2.75 bits per heavy atom. The van der Waals surface area contributed by atoms with Crippen LogP contribution in [0.3, 0.4) is 0 Å². The minimum Gasteiger partial charge on any atom is -0.496 e. The predicted octanol–water partition coefficient (Wildman–Crippen LogP) is 3.29. The highest BCUT2D eigenvalue weighted by atomic mass is 32.1. The highest BCUT2D eigenvalue weighted by Gasteiger charge is 2.15. The number of nitrogens with zero attached hydrogens (tertiary/aromatic N) is 2. The topological polar surface area (TPSA) is 77.3 Å². The number of hydrogen-bond donors (Lipinski definition) is 1. The van der Waals surface area contributed by atoms with Gasteiger partial charge >= 0.3 is 0 Å². The van der Waals surface area contributed by atoms with Gasteiger partial charge in [0.25, 0.3) is 5.69 Å². The summed E-state index contributed by atoms with van der Waals surface area (Å²) in [4.78, 5) is 16.1. The van der Waals surface area contributed by atoms with E-state index in [1.165, 1.54) is 13.2 Å². The lowest BCUT2D eigenvalue weighted by molar-refractivity contribution is -0.384. The van der Waals surface area contributed by atoms with Gasteiger partial charge < -0.3 is 10.1 Å². The number of rotatable bonds is 5. The van der Waals surface area contributed by atoms with Gasteiger partial charge in [0.15, 0.2) is 0 Å². The standard InChI is InChI=1S/C13H15N3O3S/c1-8-13(20-9(2)15-8)7-14-11-5-4-10(19-3)6-12(11)16(17)18/h4-6,14H,7H2,1-3H3. The van der Waals surface area contributed by atoms with Crippen LogP contribution in [0.15, 0.2) is 18.2 Å². The Bertz CT molecular complexity index is 640. The summed E-state index contributed by atoms with van der Waals surface area (Å²) >= 11 is 1.59. The molecule has 0 aliphatic heterocycles. The van der Waals surface area contributed by atoms with Crippen molar-refractivity contribution in [2.24, 2.45) is 0 Å². The molecule has 0 aliphatic carbocycles. The predicted molar refractivity (Wildman–Crippen MR) is 78.6 cm³/mol. The van der Waals surface area contributed by atoms with Crippen LogP contribution >= 0.6 is 11.3 Å². The number of hydrogen-bond acceptors (Lipinski definition) is 6. The van der Waals surface area contributed by atoms with E-state index in [-0.39, 0.29) is 5.69 Å². The van der Waals surface area contributed by atoms with E-state index in [0.717, 1.165) is 15.6 Å². The molecule has 0 fully saturated rings. The molecule has 6 nitrogen and oxygen atoms in total. The smallest absolute Gasteiger partial charge is 0.296 e. The SMILES string of the molecule is COc1ccc(NCc2sc(C)nc2C)c([N+](=O)[O-])c1. The van der Waals surface area contributed by atoms with Gasteiger partial charge in [-0.25, -0.2) is 4.98 Å². The van der Waals surface area contributed by atoms with E-state index >= 15 is 0 Å². The van der Waals surface area contributed by atoms with Gasteiger partial charge in [0.1, 0.15) is 11.4 Å². The first-order chi connectivity index (χ1) is 9.51. The number of ether oxygens (including phenoxy) is 1. The van der Waals surface area contributed by atoms with Crippen LogP contribution in [0.5, 0.6) is 5.75 Å². The van der Waals surface area contributed by atoms with Gasteiger partial charge in [-0.1, -0.05) is 0 Å². The van der Waals surface area contributed by atoms with Crippen LogP contribution in [-0.4, -0.2) is 17.0 Å². The van der Waals surface area contributed by atoms with Crippen LogP contribution in [0.1, 0.15) is 15.6 Å². The molecular formula is C13H15N3O3S. The van der Waals surface area contributed by atoms with Crippen LogP contribution in [-0.2, 0) is 6.54 Å². The minimum absolute atomic E-state index is 0.00300. The van der Waals surface area contributed by atoms with Crippen molar-refractivity contribution in [3.63, 3.8) is 0 Å². The lowest BCUT2D eigenvalue weighted by Crippen LogP contribution is -2.02. The zero-order valence-electron chi connectivity index (χ0n) is 11.5. The van der Waals surface area contributed by atoms with Crippen LogP contribution in [0.2, 0.25) is 0 Å². The number of nitrogens with one attached hydrogen (secondary N) is 1. The molecule has 0 saturated carbocycles. The summed E-state index contributed by atoms with van der Waals surface area (Å²) in [5, 5.41) is 15.2. The zero-order chi connectivity index (χ0) is 14.7. The van der Waals surface area contributed by atoms with Crippen molar-refractivity contribution < 1.29 is 9.66 Å². The van der Waals surface area contributed by atoms with Crippen LogP contribution < -0.4 is 10.1 Å². The van der Waals surface area contributed by atoms with Crippen LogP contribution in [0.25, 0.3) is 0 Å². The lowest BCUT2D eigenvalue weighted by Gasteiger charge is -2.07. The monoisotopic (exact) mass is 293 g/mol. The first kappa shape index (κ1) is 14.3. The number of nitro groups is 1. The molecule has 0 radical (unpaired) electrons. The molecule has 0 spiro atoms. The second-order valence-corrected chi connectivity index (χ2v) is 5.52. The number of aromatic nitrogens is 1. The molecular weight excluding hydrogens is 278 g/mol. The second kappa shape index (κ2) is 5.87. The molecule has 0 saturated heterocycles. The molecule has 1 aromatic carbocycles. The summed E-state index contributed by atoms with van der Waals surface area (Å²) < 4.78 is 5.01. The van der Waals surface area contributed by atoms with Crippen molar-refractivity contribution in [1.82, 2.24) is 4.98 Å². The van der Waals surface area contributed by atoms with Gasteiger partial charge in [-0.2, -0.15) is 0 Å². The van der Waals surface area contributed by atoms with Crippen molar-refractivity contribution >= 4 is 22.7 Å². The Balaban J connectivity index is 2.20. The van der Waals surface area contributed by atoms with Crippen LogP contribution in [0.4, 0.5) is 11.4 Å². The fraction of sp³-hybridized carbons (Fsp3) is 0.308. The average molecular weight is 293 g/mol. The van der Waals surface area contributed by atoms with E-state index in [1.807, 2.05) is 13.8 Å². The number of aryl methyl sites for hydroxylation is 2. The molecule has 20 heavy (non-hydrogen) atoms. The number of benzene rings is 1. The van der Waals surface area contributed by atoms with Gasteiger partial charge in [-0.05, 0) is 26.0 Å². The molecule has 0 amide bonds. The third-order valence-corrected chi connectivity index (χ3v) is 3.91. The maximum atomic E-state index is 11.1. The highest BCUT2D eigenvalue weighted by molar-refractivity contribution is 7.11. The van der Waals surface area contributed by atoms with Gasteiger partial charge in [-0.15, -0.1) is 11.3 Å². The lowest BCUT2D eigenvalue weighted by atomic mass is 10.2. The Morgan fingerprint density at radius 1 is 1.45 bits per heavy atom. The van der Waals surface area contributed by atoms with E-state index in [4.69, 9.17) is 4.74 Å². The molecule has 1 aromatic heterocycles. The van der Waals surface area contributed by atoms with E-state index in [9.17, 15) is 10.1 Å². The maximum Gasteiger partial charge on any atom is 0.296 e. The normalized spacial score (nSPS) is 10.3. The first-order valence-electron chi connectivity index (χ1n) is 6.00. The largest absolute Gasteiger partial charge is 0.496 e. The van der Waals surface area contributed by atoms with Gasteiger partial charge in [-0.3, -0.25) is 10.1 Å². The Kier molecular flexibility index (Phi) is 4.19. The van der Waals surface area contributed by atoms with Crippen molar-refractivity contribution in [1.29, 1.82) is 0 Å². The summed E-state index contributed by atoms with van der Waals surface area (Å²) in [5.41, 5.74) is 1.43. The van der Waals surface area contributed by atoms with Gasteiger partial charge in [0, 0.05) is 4.88 Å². The second-order valence-electron chi connectivity index (χ2n) is 4.24. The van der Waals surface area contributed by atoms with Crippen molar-refractivity contribution in [3.8, 4) is 5.75 Å². The van der Waals surface area contributed by atoms with E-state index in [1.54, 1.807) is 23.5 Å². The maximum absolute atomic E-state index is 11.1. The zero-order valence-corrected chi connectivity index (χ0v) is 12.3. The van der Waals surface area contributed by atoms with Crippen molar-refractivity contribution in [2.45, 2.75) is 20.4 Å². The molecule has 106 valence electrons. The molecule has 1 N–H and O–H groups in total. The highest BCUT2D eigenvalue weighted by Crippen LogP contribution is 2.30. The molecule has 2 rings (SSSR count). The summed E-state index contributed by atoms with van der Waals surface area (Å²) in [5.74, 6) is 0.465. The van der Waals surface area contributed by atoms with E-state index < -0.39 is 4.92 Å². The van der Waals surface area contributed by atoms with E-state index in [2.05, 4.69) is 10.3 Å². The third kappa shape index (κ3) is 3.05. The minimum atomic E-state index is -0.421. The fourth-order valence-corrected chi connectivity index (χ4v) is 2.73. The fourth-order valence-electron chi connectivity index (χ4n) is 1.85. The molecule has 7 heteroatoms. The summed E-state index contributed by atoms with van der Waals surface area (Å²) in [6, 6.07) is 4.76. The molecule has 0 aliphatic rings. The first-order valence-corrected chi connectivity index (χ1v) is 6.82.